The number of ether oxygens (including phenoxy) is 1. The number of nitrogens with one attached hydrogen (secondary N) is 1. The van der Waals surface area contributed by atoms with Gasteiger partial charge in [0.1, 0.15) is 5.75 Å². The van der Waals surface area contributed by atoms with Crippen LogP contribution in [0.1, 0.15) is 18.5 Å². The monoisotopic (exact) mass is 332 g/mol. The Balaban J connectivity index is 1.77. The van der Waals surface area contributed by atoms with E-state index in [1.807, 2.05) is 6.07 Å². The van der Waals surface area contributed by atoms with Crippen molar-refractivity contribution >= 4 is 0 Å². The van der Waals surface area contributed by atoms with Crippen LogP contribution in [-0.2, 0) is 0 Å². The molecule has 2 aliphatic rings. The summed E-state index contributed by atoms with van der Waals surface area (Å²) in [5.74, 6) is 0.957. The van der Waals surface area contributed by atoms with Crippen LogP contribution in [0.4, 0.5) is 0 Å². The van der Waals surface area contributed by atoms with Gasteiger partial charge < -0.3 is 15.0 Å². The van der Waals surface area contributed by atoms with Crippen LogP contribution in [0.5, 0.6) is 5.75 Å². The SMILES string of the molecule is COc1cccc(C(CN2CCN(C)CC2)N2CCNC(C)C2)c1. The standard InChI is InChI=1S/C19H32N4O/c1-16-14-23(8-7-20-16)19(15-22-11-9-21(2)10-12-22)17-5-4-6-18(13-17)24-3/h4-6,13,16,19-20H,7-12,14-15H2,1-3H3. The maximum Gasteiger partial charge on any atom is 0.119 e. The lowest BCUT2D eigenvalue weighted by atomic mass is 10.0. The van der Waals surface area contributed by atoms with Gasteiger partial charge in [0.05, 0.1) is 7.11 Å². The highest BCUT2D eigenvalue weighted by atomic mass is 16.5. The first-order chi connectivity index (χ1) is 11.7. The predicted octanol–water partition coefficient (Wildman–Crippen LogP) is 1.28. The molecule has 2 unspecified atom stereocenters. The van der Waals surface area contributed by atoms with Crippen LogP contribution in [0, 0.1) is 0 Å². The smallest absolute Gasteiger partial charge is 0.119 e. The van der Waals surface area contributed by atoms with Gasteiger partial charge in [-0.3, -0.25) is 9.80 Å². The van der Waals surface area contributed by atoms with Gasteiger partial charge in [0.25, 0.3) is 0 Å². The van der Waals surface area contributed by atoms with Crippen molar-refractivity contribution in [1.82, 2.24) is 20.0 Å². The first-order valence-electron chi connectivity index (χ1n) is 9.18. The van der Waals surface area contributed by atoms with Crippen LogP contribution in [0.15, 0.2) is 24.3 Å². The van der Waals surface area contributed by atoms with E-state index < -0.39 is 0 Å². The van der Waals surface area contributed by atoms with E-state index in [1.165, 1.54) is 31.7 Å². The van der Waals surface area contributed by atoms with E-state index in [0.717, 1.165) is 31.9 Å². The fourth-order valence-corrected chi connectivity index (χ4v) is 3.80. The summed E-state index contributed by atoms with van der Waals surface area (Å²) in [4.78, 5) is 7.69. The molecular weight excluding hydrogens is 300 g/mol. The second kappa shape index (κ2) is 8.30. The van der Waals surface area contributed by atoms with E-state index in [0.29, 0.717) is 12.1 Å². The lowest BCUT2D eigenvalue weighted by molar-refractivity contribution is 0.0834. The summed E-state index contributed by atoms with van der Waals surface area (Å²) >= 11 is 0. The quantitative estimate of drug-likeness (QED) is 0.878. The van der Waals surface area contributed by atoms with Gasteiger partial charge in [-0.1, -0.05) is 12.1 Å². The van der Waals surface area contributed by atoms with Crippen LogP contribution < -0.4 is 10.1 Å². The van der Waals surface area contributed by atoms with E-state index in [4.69, 9.17) is 4.74 Å². The molecule has 0 aliphatic carbocycles. The Morgan fingerprint density at radius 1 is 1.21 bits per heavy atom. The molecular formula is C19H32N4O. The summed E-state index contributed by atoms with van der Waals surface area (Å²) in [5.41, 5.74) is 1.38. The molecule has 1 aromatic rings. The molecule has 2 fully saturated rings. The summed E-state index contributed by atoms with van der Waals surface area (Å²) < 4.78 is 5.47. The molecule has 3 rings (SSSR count). The molecule has 24 heavy (non-hydrogen) atoms. The van der Waals surface area contributed by atoms with Gasteiger partial charge in [-0.05, 0) is 31.7 Å². The van der Waals surface area contributed by atoms with Crippen LogP contribution in [0.2, 0.25) is 0 Å². The second-order valence-corrected chi connectivity index (χ2v) is 7.25. The Morgan fingerprint density at radius 3 is 2.71 bits per heavy atom. The number of likely N-dealkylation sites (N-methyl/N-ethyl adjacent to an activating group) is 1. The van der Waals surface area contributed by atoms with Gasteiger partial charge in [0.15, 0.2) is 0 Å². The van der Waals surface area contributed by atoms with Crippen molar-refractivity contribution in [2.75, 3.05) is 66.5 Å². The first kappa shape index (κ1) is 17.7. The summed E-state index contributed by atoms with van der Waals surface area (Å²) in [6.45, 7) is 11.3. The van der Waals surface area contributed by atoms with Gasteiger partial charge in [0.2, 0.25) is 0 Å². The third-order valence-corrected chi connectivity index (χ3v) is 5.35. The molecule has 1 N–H and O–H groups in total. The molecule has 0 radical (unpaired) electrons. The van der Waals surface area contributed by atoms with Crippen molar-refractivity contribution in [2.45, 2.75) is 19.0 Å². The number of nitrogens with zero attached hydrogens (tertiary/aromatic N) is 3. The lowest BCUT2D eigenvalue weighted by Gasteiger charge is -2.42. The number of benzene rings is 1. The highest BCUT2D eigenvalue weighted by molar-refractivity contribution is 5.31. The predicted molar refractivity (Wildman–Crippen MR) is 98.7 cm³/mol. The molecule has 0 aromatic heterocycles. The minimum Gasteiger partial charge on any atom is -0.497 e. The molecule has 0 saturated carbocycles. The minimum absolute atomic E-state index is 0.438. The topological polar surface area (TPSA) is 31.0 Å². The lowest BCUT2D eigenvalue weighted by Crippen LogP contribution is -2.53. The van der Waals surface area contributed by atoms with Crippen molar-refractivity contribution in [2.24, 2.45) is 0 Å². The fraction of sp³-hybridized carbons (Fsp3) is 0.684. The van der Waals surface area contributed by atoms with Crippen LogP contribution in [0.25, 0.3) is 0 Å². The zero-order valence-electron chi connectivity index (χ0n) is 15.4. The molecule has 5 heteroatoms. The number of methoxy groups -OCH3 is 1. The maximum absolute atomic E-state index is 5.47. The number of piperazine rings is 2. The average Bonchev–Trinajstić information content (AvgIpc) is 2.61. The zero-order chi connectivity index (χ0) is 16.9. The van der Waals surface area contributed by atoms with E-state index in [1.54, 1.807) is 7.11 Å². The van der Waals surface area contributed by atoms with E-state index in [2.05, 4.69) is 52.2 Å². The van der Waals surface area contributed by atoms with E-state index in [-0.39, 0.29) is 0 Å². The van der Waals surface area contributed by atoms with E-state index in [9.17, 15) is 0 Å². The molecule has 2 aliphatic heterocycles. The van der Waals surface area contributed by atoms with Gasteiger partial charge >= 0.3 is 0 Å². The van der Waals surface area contributed by atoms with Crippen LogP contribution >= 0.6 is 0 Å². The summed E-state index contributed by atoms with van der Waals surface area (Å²) in [7, 11) is 3.97. The van der Waals surface area contributed by atoms with Gasteiger partial charge in [-0.15, -0.1) is 0 Å². The van der Waals surface area contributed by atoms with Crippen molar-refractivity contribution in [1.29, 1.82) is 0 Å². The largest absolute Gasteiger partial charge is 0.497 e. The highest BCUT2D eigenvalue weighted by Gasteiger charge is 2.28. The van der Waals surface area contributed by atoms with Gasteiger partial charge in [0, 0.05) is 64.4 Å². The first-order valence-corrected chi connectivity index (χ1v) is 9.18. The summed E-state index contributed by atoms with van der Waals surface area (Å²) in [6.07, 6.45) is 0. The number of rotatable bonds is 5. The maximum atomic E-state index is 5.47. The Kier molecular flexibility index (Phi) is 6.11. The number of hydrogen-bond acceptors (Lipinski definition) is 5. The molecule has 0 amide bonds. The normalized spacial score (nSPS) is 25.5. The third-order valence-electron chi connectivity index (χ3n) is 5.35. The number of hydrogen-bond donors (Lipinski definition) is 1. The average molecular weight is 332 g/mol. The van der Waals surface area contributed by atoms with Gasteiger partial charge in [-0.25, -0.2) is 0 Å². The zero-order valence-corrected chi connectivity index (χ0v) is 15.4. The van der Waals surface area contributed by atoms with Crippen molar-refractivity contribution < 1.29 is 4.74 Å². The molecule has 0 spiro atoms. The molecule has 0 bridgehead atoms. The van der Waals surface area contributed by atoms with E-state index >= 15 is 0 Å². The highest BCUT2D eigenvalue weighted by Crippen LogP contribution is 2.26. The molecule has 5 nitrogen and oxygen atoms in total. The molecule has 2 atom stereocenters. The Morgan fingerprint density at radius 2 is 2.00 bits per heavy atom. The van der Waals surface area contributed by atoms with Crippen molar-refractivity contribution in [3.8, 4) is 5.75 Å². The van der Waals surface area contributed by atoms with Crippen molar-refractivity contribution in [3.63, 3.8) is 0 Å². The molecule has 2 saturated heterocycles. The van der Waals surface area contributed by atoms with Crippen molar-refractivity contribution in [3.05, 3.63) is 29.8 Å². The van der Waals surface area contributed by atoms with Crippen LogP contribution in [-0.4, -0.2) is 87.3 Å². The Labute approximate surface area is 146 Å². The molecule has 1 aromatic carbocycles. The minimum atomic E-state index is 0.438. The summed E-state index contributed by atoms with van der Waals surface area (Å²) in [5, 5.41) is 3.56. The summed E-state index contributed by atoms with van der Waals surface area (Å²) in [6, 6.07) is 9.63. The Hall–Kier alpha value is -1.14. The fourth-order valence-electron chi connectivity index (χ4n) is 3.80. The second-order valence-electron chi connectivity index (χ2n) is 7.25. The molecule has 2 heterocycles. The van der Waals surface area contributed by atoms with Crippen LogP contribution in [0.3, 0.4) is 0 Å². The van der Waals surface area contributed by atoms with Gasteiger partial charge in [-0.2, -0.15) is 0 Å². The third kappa shape index (κ3) is 4.48. The Bertz CT molecular complexity index is 516. The molecule has 134 valence electrons.